The molecule has 2 aromatic rings. The van der Waals surface area contributed by atoms with Gasteiger partial charge in [0.05, 0.1) is 16.6 Å². The molecule has 0 spiro atoms. The van der Waals surface area contributed by atoms with Gasteiger partial charge >= 0.3 is 0 Å². The number of nitrogens with one attached hydrogen (secondary N) is 1. The summed E-state index contributed by atoms with van der Waals surface area (Å²) in [6.07, 6.45) is 6.67. The van der Waals surface area contributed by atoms with Crippen LogP contribution in [0.5, 0.6) is 0 Å². The van der Waals surface area contributed by atoms with Gasteiger partial charge in [-0.25, -0.2) is 0 Å². The second-order valence-electron chi connectivity index (χ2n) is 7.53. The fraction of sp³-hybridized carbons (Fsp3) is 0.471. The molecule has 4 heterocycles. The lowest BCUT2D eigenvalue weighted by Crippen LogP contribution is -2.46. The molecule has 5 heteroatoms. The van der Waals surface area contributed by atoms with E-state index in [4.69, 9.17) is 5.10 Å². The standard InChI is InChI=1S/C17H24N4S/c1-12(17-14-8-4-5-9-15(14)20(2)18-17)19-22(3)11-13-7-6-10-16(22)21(13)22/h4-5,8-9,13,16,19,22H,1,6-7,10-11H2,2-3H3. The van der Waals surface area contributed by atoms with Crippen LogP contribution in [0.3, 0.4) is 0 Å². The molecule has 22 heavy (non-hydrogen) atoms. The highest BCUT2D eigenvalue weighted by atomic mass is 32.3. The average molecular weight is 316 g/mol. The molecule has 118 valence electrons. The van der Waals surface area contributed by atoms with Crippen LogP contribution in [0.25, 0.3) is 16.6 Å². The molecule has 3 fully saturated rings. The number of benzene rings is 1. The van der Waals surface area contributed by atoms with Crippen LogP contribution < -0.4 is 4.72 Å². The summed E-state index contributed by atoms with van der Waals surface area (Å²) in [6.45, 7) is 4.36. The van der Waals surface area contributed by atoms with E-state index in [0.717, 1.165) is 22.8 Å². The van der Waals surface area contributed by atoms with Gasteiger partial charge in [0.25, 0.3) is 0 Å². The fourth-order valence-electron chi connectivity index (χ4n) is 5.27. The van der Waals surface area contributed by atoms with Crippen molar-refractivity contribution < 1.29 is 0 Å². The summed E-state index contributed by atoms with van der Waals surface area (Å²) in [5, 5.41) is 6.74. The van der Waals surface area contributed by atoms with Crippen LogP contribution in [0.2, 0.25) is 0 Å². The van der Waals surface area contributed by atoms with E-state index in [-0.39, 0.29) is 0 Å². The first-order valence-electron chi connectivity index (χ1n) is 8.21. The van der Waals surface area contributed by atoms with Gasteiger partial charge in [0.2, 0.25) is 0 Å². The number of nitrogens with zero attached hydrogens (tertiary/aromatic N) is 3. The number of para-hydroxylation sites is 1. The molecule has 3 saturated heterocycles. The van der Waals surface area contributed by atoms with Crippen molar-refractivity contribution in [1.29, 1.82) is 0 Å². The van der Waals surface area contributed by atoms with E-state index in [2.05, 4.69) is 46.1 Å². The highest BCUT2D eigenvalue weighted by Gasteiger charge is 2.77. The molecule has 3 unspecified atom stereocenters. The third kappa shape index (κ3) is 1.33. The Morgan fingerprint density at radius 1 is 1.36 bits per heavy atom. The maximum Gasteiger partial charge on any atom is 0.116 e. The van der Waals surface area contributed by atoms with Crippen molar-refractivity contribution in [3.63, 3.8) is 0 Å². The zero-order valence-corrected chi connectivity index (χ0v) is 14.2. The van der Waals surface area contributed by atoms with Crippen LogP contribution in [-0.2, 0) is 7.05 Å². The van der Waals surface area contributed by atoms with Crippen LogP contribution in [0.1, 0.15) is 25.0 Å². The van der Waals surface area contributed by atoms with Gasteiger partial charge in [-0.2, -0.15) is 14.6 Å². The predicted octanol–water partition coefficient (Wildman–Crippen LogP) is 2.87. The Morgan fingerprint density at radius 3 is 3.00 bits per heavy atom. The molecule has 3 aliphatic heterocycles. The minimum Gasteiger partial charge on any atom is -0.351 e. The van der Waals surface area contributed by atoms with Crippen molar-refractivity contribution in [2.45, 2.75) is 30.7 Å². The highest BCUT2D eigenvalue weighted by Crippen LogP contribution is 2.95. The number of aromatic nitrogens is 2. The zero-order valence-electron chi connectivity index (χ0n) is 13.3. The molecule has 1 aromatic carbocycles. The highest BCUT2D eigenvalue weighted by molar-refractivity contribution is 8.52. The van der Waals surface area contributed by atoms with E-state index in [1.54, 1.807) is 0 Å². The molecular formula is C17H24N4S. The SMILES string of the molecule is C=C(N[SH]12(C)CC3CCCC1N32)c1nn(C)c2ccccc12. The summed E-state index contributed by atoms with van der Waals surface area (Å²) in [5.41, 5.74) is 3.21. The van der Waals surface area contributed by atoms with Crippen molar-refractivity contribution in [1.82, 2.24) is 18.8 Å². The summed E-state index contributed by atoms with van der Waals surface area (Å²) in [4.78, 5) is 0. The summed E-state index contributed by atoms with van der Waals surface area (Å²) in [7, 11) is 0.180. The van der Waals surface area contributed by atoms with Gasteiger partial charge < -0.3 is 4.72 Å². The van der Waals surface area contributed by atoms with E-state index in [1.807, 2.05) is 11.7 Å². The molecule has 0 saturated carbocycles. The van der Waals surface area contributed by atoms with Crippen molar-refractivity contribution in [3.05, 3.63) is 36.5 Å². The second kappa shape index (κ2) is 3.71. The van der Waals surface area contributed by atoms with Gasteiger partial charge in [-0.3, -0.25) is 8.99 Å². The summed E-state index contributed by atoms with van der Waals surface area (Å²) in [6, 6.07) is 9.26. The normalized spacial score (nSPS) is 34.8. The number of fused-ring (bicyclic) bond motifs is 2. The van der Waals surface area contributed by atoms with Crippen LogP contribution in [0.4, 0.5) is 0 Å². The van der Waals surface area contributed by atoms with Gasteiger partial charge in [-0.05, 0) is 31.6 Å². The van der Waals surface area contributed by atoms with E-state index < -0.39 is 9.53 Å². The number of hydrogen-bond acceptors (Lipinski definition) is 3. The molecule has 3 atom stereocenters. The maximum absolute atomic E-state index is 4.72. The van der Waals surface area contributed by atoms with Crippen molar-refractivity contribution in [3.8, 4) is 0 Å². The van der Waals surface area contributed by atoms with Gasteiger partial charge in [-0.1, -0.05) is 24.8 Å². The Labute approximate surface area is 131 Å². The quantitative estimate of drug-likeness (QED) is 0.675. The van der Waals surface area contributed by atoms with Crippen molar-refractivity contribution in [2.24, 2.45) is 7.05 Å². The van der Waals surface area contributed by atoms with Gasteiger partial charge in [0.1, 0.15) is 5.69 Å². The second-order valence-corrected chi connectivity index (χ2v) is 12.8. The van der Waals surface area contributed by atoms with Crippen LogP contribution in [-0.4, -0.2) is 37.5 Å². The third-order valence-corrected chi connectivity index (χ3v) is 12.2. The smallest absolute Gasteiger partial charge is 0.116 e. The lowest BCUT2D eigenvalue weighted by atomic mass is 10.1. The van der Waals surface area contributed by atoms with E-state index >= 15 is 0 Å². The first-order valence-corrected chi connectivity index (χ1v) is 11.1. The van der Waals surface area contributed by atoms with Gasteiger partial charge in [0, 0.05) is 24.2 Å². The fourth-order valence-corrected chi connectivity index (χ4v) is 12.1. The first-order chi connectivity index (χ1) is 10.5. The van der Waals surface area contributed by atoms with Crippen molar-refractivity contribution >= 4 is 26.1 Å². The Balaban J connectivity index is 1.51. The molecule has 0 radical (unpaired) electrons. The number of thiol groups is 1. The topological polar surface area (TPSA) is 32.9 Å². The molecule has 1 aromatic heterocycles. The Kier molecular flexibility index (Phi) is 2.20. The lowest BCUT2D eigenvalue weighted by Gasteiger charge is -2.56. The van der Waals surface area contributed by atoms with E-state index in [1.165, 1.54) is 35.9 Å². The minimum atomic E-state index is -1.83. The van der Waals surface area contributed by atoms with Crippen LogP contribution in [0, 0.1) is 0 Å². The average Bonchev–Trinajstić information content (AvgIpc) is 2.80. The number of aryl methyl sites for hydroxylation is 1. The molecule has 3 aliphatic rings. The summed E-state index contributed by atoms with van der Waals surface area (Å²) in [5.74, 6) is 1.38. The predicted molar refractivity (Wildman–Crippen MR) is 95.9 cm³/mol. The summed E-state index contributed by atoms with van der Waals surface area (Å²) < 4.78 is 8.68. The molecule has 4 nitrogen and oxygen atoms in total. The monoisotopic (exact) mass is 316 g/mol. The zero-order chi connectivity index (χ0) is 15.1. The summed E-state index contributed by atoms with van der Waals surface area (Å²) >= 11 is 0. The molecule has 0 bridgehead atoms. The molecular weight excluding hydrogens is 292 g/mol. The Morgan fingerprint density at radius 2 is 2.18 bits per heavy atom. The molecule has 5 rings (SSSR count). The third-order valence-electron chi connectivity index (χ3n) is 6.21. The lowest BCUT2D eigenvalue weighted by molar-refractivity contribution is 0.317. The largest absolute Gasteiger partial charge is 0.351 e. The first kappa shape index (κ1) is 13.0. The Bertz CT molecular complexity index is 819. The minimum absolute atomic E-state index is 0.816. The van der Waals surface area contributed by atoms with Crippen molar-refractivity contribution in [2.75, 3.05) is 12.0 Å². The van der Waals surface area contributed by atoms with E-state index in [0.29, 0.717) is 0 Å². The number of piperidine rings is 1. The number of rotatable bonds is 3. The molecule has 0 aliphatic carbocycles. The van der Waals surface area contributed by atoms with Gasteiger partial charge in [0.15, 0.2) is 0 Å². The van der Waals surface area contributed by atoms with E-state index in [9.17, 15) is 0 Å². The number of hydrogen-bond donors (Lipinski definition) is 2. The Hall–Kier alpha value is -1.46. The van der Waals surface area contributed by atoms with Crippen LogP contribution in [0.15, 0.2) is 30.8 Å². The van der Waals surface area contributed by atoms with Crippen LogP contribution >= 0.6 is 9.53 Å². The molecule has 1 N–H and O–H groups in total. The van der Waals surface area contributed by atoms with Gasteiger partial charge in [-0.15, -0.1) is 0 Å². The maximum atomic E-state index is 4.72. The molecule has 0 amide bonds.